The van der Waals surface area contributed by atoms with E-state index in [1.807, 2.05) is 0 Å². The van der Waals surface area contributed by atoms with Gasteiger partial charge in [-0.25, -0.2) is 4.39 Å². The molecule has 0 heterocycles. The average molecular weight is 328 g/mol. The highest BCUT2D eigenvalue weighted by Crippen LogP contribution is 2.20. The molecule has 0 bridgehead atoms. The van der Waals surface area contributed by atoms with Crippen molar-refractivity contribution in [3.05, 3.63) is 63.9 Å². The van der Waals surface area contributed by atoms with E-state index in [1.165, 1.54) is 18.2 Å². The van der Waals surface area contributed by atoms with Crippen LogP contribution < -0.4 is 10.1 Å². The third kappa shape index (κ3) is 4.92. The van der Waals surface area contributed by atoms with Crippen LogP contribution in [0.1, 0.15) is 5.56 Å². The van der Waals surface area contributed by atoms with Gasteiger partial charge in [0, 0.05) is 22.7 Å². The van der Waals surface area contributed by atoms with Gasteiger partial charge in [0.2, 0.25) is 0 Å². The lowest BCUT2D eigenvalue weighted by Crippen LogP contribution is -2.28. The van der Waals surface area contributed by atoms with Crippen LogP contribution in [0.3, 0.4) is 0 Å². The first-order valence-corrected chi connectivity index (χ1v) is 6.89. The van der Waals surface area contributed by atoms with Gasteiger partial charge < -0.3 is 10.1 Å². The third-order valence-corrected chi connectivity index (χ3v) is 3.24. The van der Waals surface area contributed by atoms with Gasteiger partial charge in [0.25, 0.3) is 5.91 Å². The van der Waals surface area contributed by atoms with Crippen LogP contribution in [0.4, 0.5) is 4.39 Å². The van der Waals surface area contributed by atoms with Gasteiger partial charge in [0.05, 0.1) is 0 Å². The molecule has 0 atom stereocenters. The Labute approximate surface area is 131 Å². The minimum Gasteiger partial charge on any atom is -0.484 e. The van der Waals surface area contributed by atoms with Gasteiger partial charge in [-0.2, -0.15) is 0 Å². The molecule has 1 amide bonds. The Morgan fingerprint density at radius 3 is 2.71 bits per heavy atom. The van der Waals surface area contributed by atoms with Gasteiger partial charge in [0.1, 0.15) is 11.6 Å². The highest BCUT2D eigenvalue weighted by molar-refractivity contribution is 6.35. The molecule has 21 heavy (non-hydrogen) atoms. The maximum atomic E-state index is 12.9. The van der Waals surface area contributed by atoms with E-state index in [0.717, 1.165) is 5.56 Å². The Balaban J connectivity index is 1.82. The number of nitrogens with one attached hydrogen (secondary N) is 1. The molecule has 6 heteroatoms. The molecule has 0 saturated carbocycles. The summed E-state index contributed by atoms with van der Waals surface area (Å²) in [6.07, 6.45) is 0. The second kappa shape index (κ2) is 7.29. The number of hydrogen-bond acceptors (Lipinski definition) is 2. The molecule has 0 radical (unpaired) electrons. The summed E-state index contributed by atoms with van der Waals surface area (Å²) in [7, 11) is 0. The van der Waals surface area contributed by atoms with Crippen LogP contribution in [0.2, 0.25) is 10.0 Å². The van der Waals surface area contributed by atoms with E-state index in [4.69, 9.17) is 27.9 Å². The fraction of sp³-hybridized carbons (Fsp3) is 0.133. The van der Waals surface area contributed by atoms with Crippen molar-refractivity contribution in [3.8, 4) is 5.75 Å². The van der Waals surface area contributed by atoms with Gasteiger partial charge in [0.15, 0.2) is 6.61 Å². The first-order valence-electron chi connectivity index (χ1n) is 6.13. The topological polar surface area (TPSA) is 38.3 Å². The van der Waals surface area contributed by atoms with E-state index in [1.54, 1.807) is 24.3 Å². The number of carbonyl (C=O) groups is 1. The summed E-state index contributed by atoms with van der Waals surface area (Å²) in [6, 6.07) is 10.6. The first kappa shape index (κ1) is 15.6. The van der Waals surface area contributed by atoms with E-state index in [2.05, 4.69) is 5.32 Å². The molecule has 0 aliphatic carbocycles. The summed E-state index contributed by atoms with van der Waals surface area (Å²) in [6.45, 7) is 0.0655. The molecule has 0 aromatic heterocycles. The second-order valence-electron chi connectivity index (χ2n) is 4.26. The molecule has 110 valence electrons. The molecule has 0 aliphatic rings. The van der Waals surface area contributed by atoms with Crippen molar-refractivity contribution in [1.82, 2.24) is 5.32 Å². The number of amides is 1. The summed E-state index contributed by atoms with van der Waals surface area (Å²) in [5, 5.41) is 3.67. The van der Waals surface area contributed by atoms with Crippen molar-refractivity contribution in [3.63, 3.8) is 0 Å². The van der Waals surface area contributed by atoms with Gasteiger partial charge in [-0.15, -0.1) is 0 Å². The lowest BCUT2D eigenvalue weighted by molar-refractivity contribution is -0.123. The lowest BCUT2D eigenvalue weighted by atomic mass is 10.2. The van der Waals surface area contributed by atoms with Crippen LogP contribution in [0, 0.1) is 5.82 Å². The summed E-state index contributed by atoms with van der Waals surface area (Å²) < 4.78 is 18.1. The van der Waals surface area contributed by atoms with E-state index < -0.39 is 5.82 Å². The zero-order valence-corrected chi connectivity index (χ0v) is 12.4. The largest absolute Gasteiger partial charge is 0.484 e. The van der Waals surface area contributed by atoms with Gasteiger partial charge in [-0.3, -0.25) is 4.79 Å². The molecule has 1 N–H and O–H groups in total. The third-order valence-electron chi connectivity index (χ3n) is 2.66. The van der Waals surface area contributed by atoms with Crippen LogP contribution >= 0.6 is 23.2 Å². The summed E-state index contributed by atoms with van der Waals surface area (Å²) >= 11 is 11.8. The quantitative estimate of drug-likeness (QED) is 0.906. The molecule has 2 aromatic carbocycles. The standard InChI is InChI=1S/C15H12Cl2FNO2/c16-11-5-4-10(14(17)6-11)8-19-15(20)9-21-13-3-1-2-12(18)7-13/h1-7H,8-9H2,(H,19,20). The molecule has 0 saturated heterocycles. The van der Waals surface area contributed by atoms with Crippen LogP contribution in [-0.4, -0.2) is 12.5 Å². The van der Waals surface area contributed by atoms with Crippen LogP contribution in [0.15, 0.2) is 42.5 Å². The van der Waals surface area contributed by atoms with Crippen molar-refractivity contribution >= 4 is 29.1 Å². The van der Waals surface area contributed by atoms with Crippen molar-refractivity contribution < 1.29 is 13.9 Å². The molecular weight excluding hydrogens is 316 g/mol. The van der Waals surface area contributed by atoms with Crippen LogP contribution in [0.25, 0.3) is 0 Å². The van der Waals surface area contributed by atoms with Gasteiger partial charge in [-0.1, -0.05) is 35.3 Å². The Hall–Kier alpha value is -1.78. The second-order valence-corrected chi connectivity index (χ2v) is 5.10. The summed E-state index contributed by atoms with van der Waals surface area (Å²) in [5.41, 5.74) is 0.750. The molecule has 0 fully saturated rings. The Morgan fingerprint density at radius 2 is 2.00 bits per heavy atom. The van der Waals surface area contributed by atoms with Crippen molar-refractivity contribution in [1.29, 1.82) is 0 Å². The predicted molar refractivity (Wildman–Crippen MR) is 80.2 cm³/mol. The van der Waals surface area contributed by atoms with Crippen LogP contribution in [0.5, 0.6) is 5.75 Å². The normalized spacial score (nSPS) is 10.2. The van der Waals surface area contributed by atoms with E-state index in [0.29, 0.717) is 15.8 Å². The summed E-state index contributed by atoms with van der Waals surface area (Å²) in [5.74, 6) is -0.444. The molecular formula is C15H12Cl2FNO2. The minimum absolute atomic E-state index is 0.200. The minimum atomic E-state index is -0.416. The van der Waals surface area contributed by atoms with Crippen molar-refractivity contribution in [2.75, 3.05) is 6.61 Å². The molecule has 0 spiro atoms. The predicted octanol–water partition coefficient (Wildman–Crippen LogP) is 3.83. The highest BCUT2D eigenvalue weighted by Gasteiger charge is 2.06. The van der Waals surface area contributed by atoms with Gasteiger partial charge in [-0.05, 0) is 29.8 Å². The first-order chi connectivity index (χ1) is 10.0. The zero-order chi connectivity index (χ0) is 15.2. The Bertz CT molecular complexity index is 649. The lowest BCUT2D eigenvalue weighted by Gasteiger charge is -2.09. The Kier molecular flexibility index (Phi) is 5.42. The number of benzene rings is 2. The van der Waals surface area contributed by atoms with Gasteiger partial charge >= 0.3 is 0 Å². The smallest absolute Gasteiger partial charge is 0.258 e. The van der Waals surface area contributed by atoms with E-state index in [9.17, 15) is 9.18 Å². The van der Waals surface area contributed by atoms with Crippen molar-refractivity contribution in [2.45, 2.75) is 6.54 Å². The monoisotopic (exact) mass is 327 g/mol. The summed E-state index contributed by atoms with van der Waals surface area (Å²) in [4.78, 5) is 11.7. The van der Waals surface area contributed by atoms with E-state index in [-0.39, 0.29) is 19.1 Å². The molecule has 0 aliphatic heterocycles. The average Bonchev–Trinajstić information content (AvgIpc) is 2.44. The maximum Gasteiger partial charge on any atom is 0.258 e. The number of ether oxygens (including phenoxy) is 1. The number of halogens is 3. The van der Waals surface area contributed by atoms with Crippen molar-refractivity contribution in [2.24, 2.45) is 0 Å². The number of carbonyl (C=O) groups excluding carboxylic acids is 1. The molecule has 3 nitrogen and oxygen atoms in total. The molecule has 0 unspecified atom stereocenters. The number of rotatable bonds is 5. The molecule has 2 rings (SSSR count). The molecule has 2 aromatic rings. The maximum absolute atomic E-state index is 12.9. The highest BCUT2D eigenvalue weighted by atomic mass is 35.5. The van der Waals surface area contributed by atoms with E-state index >= 15 is 0 Å². The SMILES string of the molecule is O=C(COc1cccc(F)c1)NCc1ccc(Cl)cc1Cl. The fourth-order valence-electron chi connectivity index (χ4n) is 1.62. The zero-order valence-electron chi connectivity index (χ0n) is 10.9. The van der Waals surface area contributed by atoms with Crippen LogP contribution in [-0.2, 0) is 11.3 Å². The number of hydrogen-bond donors (Lipinski definition) is 1. The Morgan fingerprint density at radius 1 is 1.19 bits per heavy atom. The fourth-order valence-corrected chi connectivity index (χ4v) is 2.09.